The molecule has 3 aromatic carbocycles. The number of aryl methyl sites for hydroxylation is 4. The highest BCUT2D eigenvalue weighted by Gasteiger charge is 2.23. The van der Waals surface area contributed by atoms with Crippen molar-refractivity contribution < 1.29 is 28.1 Å². The molecule has 0 bridgehead atoms. The Balaban J connectivity index is 1.20. The molecule has 0 fully saturated rings. The highest BCUT2D eigenvalue weighted by atomic mass is 16.5. The van der Waals surface area contributed by atoms with Crippen molar-refractivity contribution in [3.05, 3.63) is 109 Å². The third-order valence-electron chi connectivity index (χ3n) is 7.86. The summed E-state index contributed by atoms with van der Waals surface area (Å²) in [6.07, 6.45) is 12.6. The van der Waals surface area contributed by atoms with Crippen molar-refractivity contribution in [1.82, 2.24) is 9.13 Å². The summed E-state index contributed by atoms with van der Waals surface area (Å²) in [5, 5.41) is 0. The number of imidazole rings is 2. The van der Waals surface area contributed by atoms with E-state index in [9.17, 15) is 0 Å². The number of unbranched alkanes of at least 4 members (excludes halogenated alkanes) is 2. The van der Waals surface area contributed by atoms with Gasteiger partial charge in [-0.2, -0.15) is 0 Å². The maximum absolute atomic E-state index is 6.08. The van der Waals surface area contributed by atoms with Gasteiger partial charge in [-0.15, -0.1) is 0 Å². The number of hydrogen-bond acceptors (Lipinski definition) is 6. The fourth-order valence-corrected chi connectivity index (χ4v) is 5.25. The predicted molar refractivity (Wildman–Crippen MR) is 187 cm³/mol. The molecule has 0 atom stereocenters. The van der Waals surface area contributed by atoms with Crippen LogP contribution in [0.25, 0.3) is 0 Å². The molecule has 0 saturated carbocycles. The van der Waals surface area contributed by atoms with E-state index in [1.165, 1.54) is 0 Å². The van der Waals surface area contributed by atoms with Crippen LogP contribution in [0.15, 0.2) is 108 Å². The van der Waals surface area contributed by atoms with Crippen LogP contribution in [0.2, 0.25) is 0 Å². The lowest BCUT2D eigenvalue weighted by Gasteiger charge is -2.09. The highest BCUT2D eigenvalue weighted by molar-refractivity contribution is 5.91. The molecule has 10 nitrogen and oxygen atoms in total. The fourth-order valence-electron chi connectivity index (χ4n) is 5.25. The largest absolute Gasteiger partial charge is 0.475 e. The SMILES string of the molecule is CCCCn1cc[n+](C)c1C(=Nc1ccc(Oc2ccc(Oc3ccc(N=C(OC)c4n(CCCC)cc[n+]4C)cc3)cc2)cc1)OC. The number of aromatic nitrogens is 4. The Hall–Kier alpha value is -5.38. The summed E-state index contributed by atoms with van der Waals surface area (Å²) < 4.78 is 32.0. The van der Waals surface area contributed by atoms with E-state index in [0.717, 1.165) is 61.8 Å². The number of rotatable bonds is 14. The quantitative estimate of drug-likeness (QED) is 0.0706. The van der Waals surface area contributed by atoms with Crippen LogP contribution >= 0.6 is 0 Å². The van der Waals surface area contributed by atoms with Crippen molar-refractivity contribution in [2.24, 2.45) is 24.1 Å². The lowest BCUT2D eigenvalue weighted by molar-refractivity contribution is -0.673. The van der Waals surface area contributed by atoms with Gasteiger partial charge in [-0.05, 0) is 85.6 Å². The minimum absolute atomic E-state index is 0.563. The van der Waals surface area contributed by atoms with Crippen LogP contribution in [0.1, 0.15) is 51.2 Å². The minimum Gasteiger partial charge on any atom is -0.475 e. The van der Waals surface area contributed by atoms with Crippen LogP contribution < -0.4 is 18.6 Å². The van der Waals surface area contributed by atoms with E-state index < -0.39 is 0 Å². The Bertz CT molecular complexity index is 1690. The highest BCUT2D eigenvalue weighted by Crippen LogP contribution is 2.29. The molecule has 0 N–H and O–H groups in total. The maximum Gasteiger partial charge on any atom is 0.345 e. The average molecular weight is 651 g/mol. The van der Waals surface area contributed by atoms with Gasteiger partial charge in [-0.3, -0.25) is 0 Å². The Kier molecular flexibility index (Phi) is 11.6. The first-order chi connectivity index (χ1) is 23.4. The molecule has 0 spiro atoms. The predicted octanol–water partition coefficient (Wildman–Crippen LogP) is 7.57. The summed E-state index contributed by atoms with van der Waals surface area (Å²) in [6.45, 7) is 6.20. The molecule has 2 aromatic heterocycles. The summed E-state index contributed by atoms with van der Waals surface area (Å²) in [6, 6.07) is 22.8. The van der Waals surface area contributed by atoms with Crippen molar-refractivity contribution in [2.75, 3.05) is 14.2 Å². The van der Waals surface area contributed by atoms with Gasteiger partial charge in [-0.25, -0.2) is 28.3 Å². The molecular weight excluding hydrogens is 604 g/mol. The van der Waals surface area contributed by atoms with Crippen LogP contribution in [0.4, 0.5) is 11.4 Å². The molecule has 0 aliphatic rings. The molecule has 0 unspecified atom stereocenters. The summed E-state index contributed by atoms with van der Waals surface area (Å²) in [5.41, 5.74) is 1.55. The Morgan fingerprint density at radius 2 is 0.896 bits per heavy atom. The molecule has 5 aromatic rings. The van der Waals surface area contributed by atoms with Gasteiger partial charge in [0, 0.05) is 0 Å². The van der Waals surface area contributed by atoms with Gasteiger partial charge < -0.3 is 18.9 Å². The first-order valence-corrected chi connectivity index (χ1v) is 16.4. The van der Waals surface area contributed by atoms with Crippen LogP contribution in [0.5, 0.6) is 23.0 Å². The summed E-state index contributed by atoms with van der Waals surface area (Å²) in [7, 11) is 7.30. The monoisotopic (exact) mass is 650 g/mol. The van der Waals surface area contributed by atoms with Gasteiger partial charge in [0.25, 0.3) is 0 Å². The van der Waals surface area contributed by atoms with E-state index >= 15 is 0 Å². The van der Waals surface area contributed by atoms with Crippen molar-refractivity contribution in [2.45, 2.75) is 52.6 Å². The normalized spacial score (nSPS) is 11.9. The number of hydrogen-bond donors (Lipinski definition) is 0. The fraction of sp³-hybridized carbons (Fsp3) is 0.316. The van der Waals surface area contributed by atoms with Crippen LogP contribution in [0, 0.1) is 0 Å². The second-order valence-corrected chi connectivity index (χ2v) is 11.5. The Morgan fingerprint density at radius 1 is 0.562 bits per heavy atom. The van der Waals surface area contributed by atoms with Crippen molar-refractivity contribution in [1.29, 1.82) is 0 Å². The molecule has 2 heterocycles. The molecule has 0 aliphatic carbocycles. The van der Waals surface area contributed by atoms with Crippen LogP contribution in [-0.4, -0.2) is 35.1 Å². The molecule has 0 aliphatic heterocycles. The zero-order valence-corrected chi connectivity index (χ0v) is 28.8. The van der Waals surface area contributed by atoms with Crippen molar-refractivity contribution in [3.8, 4) is 23.0 Å². The van der Waals surface area contributed by atoms with Gasteiger partial charge in [0.05, 0.1) is 52.8 Å². The third-order valence-corrected chi connectivity index (χ3v) is 7.86. The maximum atomic E-state index is 6.08. The van der Waals surface area contributed by atoms with E-state index in [0.29, 0.717) is 34.8 Å². The number of nitrogens with zero attached hydrogens (tertiary/aromatic N) is 6. The Labute approximate surface area is 283 Å². The first-order valence-electron chi connectivity index (χ1n) is 16.4. The van der Waals surface area contributed by atoms with Crippen LogP contribution in [-0.2, 0) is 36.7 Å². The van der Waals surface area contributed by atoms with Gasteiger partial charge in [-0.1, -0.05) is 26.7 Å². The van der Waals surface area contributed by atoms with Crippen molar-refractivity contribution >= 4 is 23.2 Å². The average Bonchev–Trinajstić information content (AvgIpc) is 3.67. The molecule has 0 saturated heterocycles. The lowest BCUT2D eigenvalue weighted by Crippen LogP contribution is -2.36. The van der Waals surface area contributed by atoms with Crippen LogP contribution in [0.3, 0.4) is 0 Å². The molecular formula is C38H46N6O4+2. The molecule has 48 heavy (non-hydrogen) atoms. The number of benzene rings is 3. The second kappa shape index (κ2) is 16.4. The van der Waals surface area contributed by atoms with Gasteiger partial charge >= 0.3 is 23.4 Å². The Morgan fingerprint density at radius 3 is 1.21 bits per heavy atom. The van der Waals surface area contributed by atoms with E-state index in [-0.39, 0.29) is 0 Å². The van der Waals surface area contributed by atoms with E-state index in [1.54, 1.807) is 14.2 Å². The number of aliphatic imine (C=N–C) groups is 2. The second-order valence-electron chi connectivity index (χ2n) is 11.5. The standard InChI is InChI=1S/C38H46N6O4/c1-7-9-23-43-27-25-41(3)37(43)35(45-5)39-29-11-15-31(16-12-29)47-33-19-21-34(22-20-33)48-32-17-13-30(14-18-32)40-36(46-6)38-42(4)26-28-44(38)24-10-8-2/h11-22,25-28H,7-10,23-24H2,1-6H3/q+2. The van der Waals surface area contributed by atoms with E-state index in [1.807, 2.05) is 108 Å². The molecule has 10 heteroatoms. The van der Waals surface area contributed by atoms with E-state index in [4.69, 9.17) is 28.9 Å². The first kappa shape index (κ1) is 34.0. The molecule has 5 rings (SSSR count). The molecule has 0 radical (unpaired) electrons. The summed E-state index contributed by atoms with van der Waals surface area (Å²) in [4.78, 5) is 9.53. The molecule has 250 valence electrons. The topological polar surface area (TPSA) is 79.3 Å². The van der Waals surface area contributed by atoms with Gasteiger partial charge in [0.2, 0.25) is 0 Å². The number of methoxy groups -OCH3 is 2. The summed E-state index contributed by atoms with van der Waals surface area (Å²) in [5.74, 6) is 5.79. The smallest absolute Gasteiger partial charge is 0.345 e. The zero-order valence-electron chi connectivity index (χ0n) is 28.8. The lowest BCUT2D eigenvalue weighted by atomic mass is 10.3. The third kappa shape index (κ3) is 8.50. The van der Waals surface area contributed by atoms with E-state index in [2.05, 4.69) is 35.4 Å². The van der Waals surface area contributed by atoms with Gasteiger partial charge in [0.15, 0.2) is 0 Å². The number of ether oxygens (including phenoxy) is 4. The van der Waals surface area contributed by atoms with Crippen molar-refractivity contribution in [3.63, 3.8) is 0 Å². The minimum atomic E-state index is 0.563. The van der Waals surface area contributed by atoms with Gasteiger partial charge in [0.1, 0.15) is 47.8 Å². The summed E-state index contributed by atoms with van der Waals surface area (Å²) >= 11 is 0. The molecule has 0 amide bonds. The zero-order chi connectivity index (χ0) is 33.9.